The average Bonchev–Trinajstić information content (AvgIpc) is 0.918. The van der Waals surface area contributed by atoms with Crippen LogP contribution in [0.2, 0.25) is 0 Å². The molecule has 602 valence electrons. The Labute approximate surface area is 624 Å². The highest BCUT2D eigenvalue weighted by atomic mass is 31.2. The summed E-state index contributed by atoms with van der Waals surface area (Å²) in [6.45, 7) is 9.62. The fourth-order valence-corrected chi connectivity index (χ4v) is 13.9. The fourth-order valence-electron chi connectivity index (χ4n) is 12.3. The molecule has 3 N–H and O–H groups in total. The first-order chi connectivity index (χ1) is 49.4. The van der Waals surface area contributed by atoms with Gasteiger partial charge in [0.25, 0.3) is 0 Å². The highest BCUT2D eigenvalue weighted by Gasteiger charge is 2.30. The summed E-state index contributed by atoms with van der Waals surface area (Å²) in [4.78, 5) is 73.1. The van der Waals surface area contributed by atoms with Gasteiger partial charge in [-0.3, -0.25) is 37.3 Å². The quantitative estimate of drug-likeness (QED) is 0.0169. The Bertz CT molecular complexity index is 2050. The lowest BCUT2D eigenvalue weighted by atomic mass is 10.0. The lowest BCUT2D eigenvalue weighted by Gasteiger charge is -2.21. The summed E-state index contributed by atoms with van der Waals surface area (Å²) >= 11 is 0. The zero-order valence-electron chi connectivity index (χ0n) is 66.4. The molecule has 0 aliphatic heterocycles. The Morgan fingerprint density at radius 3 is 0.804 bits per heavy atom. The van der Waals surface area contributed by atoms with Crippen molar-refractivity contribution in [2.45, 2.75) is 432 Å². The minimum absolute atomic E-state index is 0.102. The maximum absolute atomic E-state index is 13.1. The van der Waals surface area contributed by atoms with Crippen LogP contribution in [0.3, 0.4) is 0 Å². The van der Waals surface area contributed by atoms with Crippen LogP contribution in [-0.2, 0) is 65.4 Å². The van der Waals surface area contributed by atoms with Gasteiger partial charge >= 0.3 is 39.5 Å². The van der Waals surface area contributed by atoms with E-state index in [1.165, 1.54) is 212 Å². The summed E-state index contributed by atoms with van der Waals surface area (Å²) < 4.78 is 68.7. The van der Waals surface area contributed by atoms with Crippen molar-refractivity contribution in [3.8, 4) is 0 Å². The minimum Gasteiger partial charge on any atom is -0.462 e. The molecule has 0 radical (unpaired) electrons. The number of aliphatic hydroxyl groups is 1. The largest absolute Gasteiger partial charge is 0.472 e. The smallest absolute Gasteiger partial charge is 0.462 e. The number of carbonyl (C=O) groups is 4. The molecule has 5 atom stereocenters. The predicted molar refractivity (Wildman–Crippen MR) is 418 cm³/mol. The molecule has 19 heteroatoms. The Balaban J connectivity index is 5.26. The van der Waals surface area contributed by atoms with Gasteiger partial charge in [0.15, 0.2) is 12.2 Å². The normalized spacial score (nSPS) is 14.0. The SMILES string of the molecule is CCCCCC/C=C\C=C/CCCCCCCC(=O)OC[C@H](COP(=O)(O)OC[C@@H](O)COP(=O)(O)OC[C@@H](COC(=O)CCCCCCCCCCCCC)OC(=O)CCCCCCCCCCCCCCC(C)C)OC(=O)CCCCCCCCCCCCCCCCCCCCC(C)C. The summed E-state index contributed by atoms with van der Waals surface area (Å²) in [5.74, 6) is -0.542. The van der Waals surface area contributed by atoms with E-state index in [0.717, 1.165) is 121 Å². The van der Waals surface area contributed by atoms with Crippen LogP contribution in [0.5, 0.6) is 0 Å². The first-order valence-electron chi connectivity index (χ1n) is 42.3. The zero-order valence-corrected chi connectivity index (χ0v) is 68.2. The monoisotopic (exact) mass is 1490 g/mol. The van der Waals surface area contributed by atoms with Gasteiger partial charge in [0.2, 0.25) is 0 Å². The number of esters is 4. The number of phosphoric acid groups is 2. The van der Waals surface area contributed by atoms with E-state index in [0.29, 0.717) is 25.7 Å². The van der Waals surface area contributed by atoms with E-state index in [-0.39, 0.29) is 25.7 Å². The lowest BCUT2D eigenvalue weighted by Crippen LogP contribution is -2.30. The molecule has 0 aromatic rings. The Morgan fingerprint density at radius 1 is 0.304 bits per heavy atom. The number of allylic oxidation sites excluding steroid dienone is 4. The van der Waals surface area contributed by atoms with Gasteiger partial charge in [-0.15, -0.1) is 0 Å². The zero-order chi connectivity index (χ0) is 74.9. The summed E-state index contributed by atoms with van der Waals surface area (Å²) in [7, 11) is -9.93. The molecule has 17 nitrogen and oxygen atoms in total. The van der Waals surface area contributed by atoms with Gasteiger partial charge in [-0.1, -0.05) is 361 Å². The van der Waals surface area contributed by atoms with E-state index in [9.17, 15) is 43.2 Å². The van der Waals surface area contributed by atoms with Crippen LogP contribution in [0.1, 0.15) is 414 Å². The van der Waals surface area contributed by atoms with Gasteiger partial charge in [-0.2, -0.15) is 0 Å². The van der Waals surface area contributed by atoms with Crippen LogP contribution < -0.4 is 0 Å². The third kappa shape index (κ3) is 75.8. The second-order valence-electron chi connectivity index (χ2n) is 30.1. The molecule has 0 rings (SSSR count). The number of ether oxygens (including phenoxy) is 4. The van der Waals surface area contributed by atoms with E-state index in [2.05, 4.69) is 65.8 Å². The number of aliphatic hydroxyl groups excluding tert-OH is 1. The van der Waals surface area contributed by atoms with Gasteiger partial charge in [-0.05, 0) is 63.2 Å². The van der Waals surface area contributed by atoms with Crippen LogP contribution in [0.15, 0.2) is 24.3 Å². The number of unbranched alkanes of at least 4 members (excludes halogenated alkanes) is 47. The summed E-state index contributed by atoms with van der Waals surface area (Å²) in [6, 6.07) is 0. The van der Waals surface area contributed by atoms with E-state index >= 15 is 0 Å². The van der Waals surface area contributed by atoms with E-state index < -0.39 is 97.5 Å². The minimum atomic E-state index is -4.97. The third-order valence-corrected chi connectivity index (χ3v) is 20.7. The molecule has 2 unspecified atom stereocenters. The molecule has 0 amide bonds. The number of hydrogen-bond acceptors (Lipinski definition) is 15. The topological polar surface area (TPSA) is 237 Å². The molecule has 0 aliphatic carbocycles. The number of rotatable bonds is 80. The van der Waals surface area contributed by atoms with Crippen molar-refractivity contribution in [3.05, 3.63) is 24.3 Å². The van der Waals surface area contributed by atoms with Crippen molar-refractivity contribution < 1.29 is 80.2 Å². The number of carbonyl (C=O) groups excluding carboxylic acids is 4. The maximum atomic E-state index is 13.1. The second kappa shape index (κ2) is 74.0. The van der Waals surface area contributed by atoms with Crippen molar-refractivity contribution in [2.24, 2.45) is 11.8 Å². The van der Waals surface area contributed by atoms with Crippen molar-refractivity contribution in [1.29, 1.82) is 0 Å². The van der Waals surface area contributed by atoms with Gasteiger partial charge in [0, 0.05) is 25.7 Å². The van der Waals surface area contributed by atoms with Crippen LogP contribution in [0.25, 0.3) is 0 Å². The van der Waals surface area contributed by atoms with Crippen molar-refractivity contribution in [2.75, 3.05) is 39.6 Å². The van der Waals surface area contributed by atoms with Crippen LogP contribution in [-0.4, -0.2) is 96.7 Å². The van der Waals surface area contributed by atoms with Crippen LogP contribution in [0.4, 0.5) is 0 Å². The van der Waals surface area contributed by atoms with Crippen molar-refractivity contribution in [3.63, 3.8) is 0 Å². The van der Waals surface area contributed by atoms with Gasteiger partial charge < -0.3 is 33.8 Å². The number of hydrogen-bond donors (Lipinski definition) is 3. The molecule has 0 bridgehead atoms. The highest BCUT2D eigenvalue weighted by molar-refractivity contribution is 7.47. The summed E-state index contributed by atoms with van der Waals surface area (Å²) in [6.07, 6.45) is 67.4. The summed E-state index contributed by atoms with van der Waals surface area (Å²) in [5, 5.41) is 10.6. The third-order valence-electron chi connectivity index (χ3n) is 18.8. The molecule has 0 aliphatic rings. The van der Waals surface area contributed by atoms with Gasteiger partial charge in [0.05, 0.1) is 26.4 Å². The fraction of sp³-hybridized carbons (Fsp3) is 0.904. The maximum Gasteiger partial charge on any atom is 0.472 e. The van der Waals surface area contributed by atoms with Gasteiger partial charge in [0.1, 0.15) is 19.3 Å². The first-order valence-corrected chi connectivity index (χ1v) is 45.3. The molecule has 0 fully saturated rings. The molecule has 0 spiro atoms. The standard InChI is InChI=1S/C83H158O17P2/c1-7-9-11-13-15-17-19-20-25-29-36-42-48-54-60-66-81(86)94-72-79(99-82(87)67-61-55-49-43-37-30-27-24-22-21-23-26-28-34-39-45-51-57-63-75(3)4)74-98-102(91,92)96-70-77(84)69-95-101(89,90)97-73-78(71-93-80(85)65-59-53-47-41-33-18-16-14-12-10-8-2)100-83(88)68-62-56-50-44-38-32-31-35-40-46-52-58-64-76(5)6/h17,19-20,25,75-79,84H,7-16,18,21-24,26-74H2,1-6H3,(H,89,90)(H,91,92)/b19-17-,25-20-/t77-,78+,79+/m0/s1. The second-order valence-corrected chi connectivity index (χ2v) is 33.0. The van der Waals surface area contributed by atoms with E-state index in [1.807, 2.05) is 0 Å². The Hall–Kier alpha value is -2.46. The molecule has 0 aromatic carbocycles. The van der Waals surface area contributed by atoms with Crippen molar-refractivity contribution in [1.82, 2.24) is 0 Å². The van der Waals surface area contributed by atoms with E-state index in [1.54, 1.807) is 0 Å². The molecular formula is C83H158O17P2. The van der Waals surface area contributed by atoms with Crippen LogP contribution >= 0.6 is 15.6 Å². The highest BCUT2D eigenvalue weighted by Crippen LogP contribution is 2.45. The van der Waals surface area contributed by atoms with E-state index in [4.69, 9.17) is 37.0 Å². The molecule has 102 heavy (non-hydrogen) atoms. The van der Waals surface area contributed by atoms with Crippen LogP contribution in [0, 0.1) is 11.8 Å². The molecular weight excluding hydrogens is 1330 g/mol. The van der Waals surface area contributed by atoms with Gasteiger partial charge in [-0.25, -0.2) is 9.13 Å². The molecule has 0 heterocycles. The molecule has 0 saturated carbocycles. The predicted octanol–water partition coefficient (Wildman–Crippen LogP) is 24.6. The number of phosphoric ester groups is 2. The summed E-state index contributed by atoms with van der Waals surface area (Å²) in [5.41, 5.74) is 0. The lowest BCUT2D eigenvalue weighted by molar-refractivity contribution is -0.161. The molecule has 0 aromatic heterocycles. The Morgan fingerprint density at radius 2 is 0.529 bits per heavy atom. The molecule has 0 saturated heterocycles. The Kier molecular flexibility index (Phi) is 72.2. The average molecular weight is 1490 g/mol. The van der Waals surface area contributed by atoms with Crippen molar-refractivity contribution >= 4 is 39.5 Å². The first kappa shape index (κ1) is 99.5.